The number of hydrogen-bond acceptors (Lipinski definition) is 4. The van der Waals surface area contributed by atoms with Gasteiger partial charge >= 0.3 is 0 Å². The zero-order valence-electron chi connectivity index (χ0n) is 8.53. The minimum absolute atomic E-state index is 0.0792. The summed E-state index contributed by atoms with van der Waals surface area (Å²) in [6.45, 7) is 0.920. The molecule has 0 spiro atoms. The van der Waals surface area contributed by atoms with Crippen LogP contribution in [0.25, 0.3) is 0 Å². The third kappa shape index (κ3) is 5.10. The van der Waals surface area contributed by atoms with Crippen molar-refractivity contribution in [3.05, 3.63) is 0 Å². The van der Waals surface area contributed by atoms with Gasteiger partial charge in [0.2, 0.25) is 15.9 Å². The van der Waals surface area contributed by atoms with Crippen molar-refractivity contribution < 1.29 is 13.2 Å². The molecule has 6 nitrogen and oxygen atoms in total. The van der Waals surface area contributed by atoms with Gasteiger partial charge in [-0.2, -0.15) is 0 Å². The maximum absolute atomic E-state index is 11.5. The Morgan fingerprint density at radius 1 is 1.47 bits per heavy atom. The molecule has 1 rings (SSSR count). The van der Waals surface area contributed by atoms with Gasteiger partial charge in [0.05, 0.1) is 11.8 Å². The number of amides is 1. The van der Waals surface area contributed by atoms with Gasteiger partial charge in [0.15, 0.2) is 0 Å². The highest BCUT2D eigenvalue weighted by molar-refractivity contribution is 7.89. The molecule has 0 aromatic carbocycles. The van der Waals surface area contributed by atoms with Gasteiger partial charge in [-0.1, -0.05) is 6.42 Å². The first-order valence-corrected chi connectivity index (χ1v) is 6.72. The standard InChI is InChI=1S/C8H17N3O3S/c9-15(13,14)6-5-11-8(12)7-3-1-2-4-10-7/h7,10H,1-6H2,(H,11,12)(H2,9,13,14)/t7-/m1/s1. The van der Waals surface area contributed by atoms with Crippen LogP contribution < -0.4 is 15.8 Å². The van der Waals surface area contributed by atoms with E-state index in [0.29, 0.717) is 0 Å². The number of carbonyl (C=O) groups is 1. The fourth-order valence-electron chi connectivity index (χ4n) is 1.52. The van der Waals surface area contributed by atoms with E-state index in [4.69, 9.17) is 5.14 Å². The number of carbonyl (C=O) groups excluding carboxylic acids is 1. The Hall–Kier alpha value is -0.660. The summed E-state index contributed by atoms with van der Waals surface area (Å²) in [5.74, 6) is -0.357. The van der Waals surface area contributed by atoms with Gasteiger partial charge in [0.25, 0.3) is 0 Å². The summed E-state index contributed by atoms with van der Waals surface area (Å²) >= 11 is 0. The molecule has 0 aromatic heterocycles. The topological polar surface area (TPSA) is 101 Å². The lowest BCUT2D eigenvalue weighted by atomic mass is 10.0. The van der Waals surface area contributed by atoms with Crippen molar-refractivity contribution in [1.82, 2.24) is 10.6 Å². The summed E-state index contributed by atoms with van der Waals surface area (Å²) in [5, 5.41) is 10.4. The van der Waals surface area contributed by atoms with E-state index in [0.717, 1.165) is 25.8 Å². The third-order valence-electron chi connectivity index (χ3n) is 2.31. The van der Waals surface area contributed by atoms with Gasteiger partial charge in [0, 0.05) is 6.54 Å². The van der Waals surface area contributed by atoms with E-state index < -0.39 is 10.0 Å². The van der Waals surface area contributed by atoms with E-state index in [1.54, 1.807) is 0 Å². The Kier molecular flexibility index (Phi) is 4.49. The molecule has 1 heterocycles. The molecule has 1 atom stereocenters. The monoisotopic (exact) mass is 235 g/mol. The Morgan fingerprint density at radius 2 is 2.20 bits per heavy atom. The fourth-order valence-corrected chi connectivity index (χ4v) is 1.90. The maximum atomic E-state index is 11.5. The van der Waals surface area contributed by atoms with Crippen molar-refractivity contribution in [3.8, 4) is 0 Å². The molecule has 7 heteroatoms. The highest BCUT2D eigenvalue weighted by Crippen LogP contribution is 2.06. The third-order valence-corrected chi connectivity index (χ3v) is 3.09. The summed E-state index contributed by atoms with van der Waals surface area (Å²) in [6, 6.07) is -0.181. The van der Waals surface area contributed by atoms with Gasteiger partial charge in [-0.15, -0.1) is 0 Å². The van der Waals surface area contributed by atoms with Crippen LogP contribution in [0.15, 0.2) is 0 Å². The van der Waals surface area contributed by atoms with Crippen molar-refractivity contribution >= 4 is 15.9 Å². The van der Waals surface area contributed by atoms with Gasteiger partial charge in [-0.25, -0.2) is 13.6 Å². The van der Waals surface area contributed by atoms with Crippen LogP contribution in [0.3, 0.4) is 0 Å². The average molecular weight is 235 g/mol. The molecule has 0 bridgehead atoms. The number of primary sulfonamides is 1. The molecule has 0 aliphatic carbocycles. The first-order chi connectivity index (χ1) is 6.99. The number of nitrogens with two attached hydrogens (primary N) is 1. The van der Waals surface area contributed by atoms with E-state index in [2.05, 4.69) is 10.6 Å². The van der Waals surface area contributed by atoms with Crippen molar-refractivity contribution in [2.75, 3.05) is 18.8 Å². The number of piperidine rings is 1. The first kappa shape index (κ1) is 12.4. The fraction of sp³-hybridized carbons (Fsp3) is 0.875. The molecule has 1 aliphatic rings. The molecule has 15 heavy (non-hydrogen) atoms. The molecular formula is C8H17N3O3S. The van der Waals surface area contributed by atoms with Crippen LogP contribution in [0.1, 0.15) is 19.3 Å². The largest absolute Gasteiger partial charge is 0.354 e. The summed E-state index contributed by atoms with van der Waals surface area (Å²) < 4.78 is 21.2. The Labute approximate surface area is 89.6 Å². The van der Waals surface area contributed by atoms with E-state index in [-0.39, 0.29) is 24.2 Å². The van der Waals surface area contributed by atoms with Crippen LogP contribution >= 0.6 is 0 Å². The molecule has 88 valence electrons. The minimum atomic E-state index is -3.49. The molecule has 1 fully saturated rings. The second kappa shape index (κ2) is 5.43. The molecule has 0 unspecified atom stereocenters. The molecular weight excluding hydrogens is 218 g/mol. The van der Waals surface area contributed by atoms with Crippen LogP contribution in [-0.2, 0) is 14.8 Å². The van der Waals surface area contributed by atoms with Crippen molar-refractivity contribution in [2.24, 2.45) is 5.14 Å². The number of hydrogen-bond donors (Lipinski definition) is 3. The summed E-state index contributed by atoms with van der Waals surface area (Å²) in [6.07, 6.45) is 2.92. The summed E-state index contributed by atoms with van der Waals surface area (Å²) in [7, 11) is -3.49. The summed E-state index contributed by atoms with van der Waals surface area (Å²) in [4.78, 5) is 11.5. The van der Waals surface area contributed by atoms with Crippen molar-refractivity contribution in [1.29, 1.82) is 0 Å². The molecule has 0 saturated carbocycles. The average Bonchev–Trinajstić information content (AvgIpc) is 2.17. The minimum Gasteiger partial charge on any atom is -0.354 e. The smallest absolute Gasteiger partial charge is 0.237 e. The van der Waals surface area contributed by atoms with Crippen LogP contribution in [0, 0.1) is 0 Å². The predicted octanol–water partition coefficient (Wildman–Crippen LogP) is -1.47. The Morgan fingerprint density at radius 3 is 2.73 bits per heavy atom. The first-order valence-electron chi connectivity index (χ1n) is 5.00. The molecule has 0 radical (unpaired) electrons. The Balaban J connectivity index is 2.23. The van der Waals surface area contributed by atoms with E-state index in [1.165, 1.54) is 0 Å². The van der Waals surface area contributed by atoms with Gasteiger partial charge in [0.1, 0.15) is 0 Å². The second-order valence-electron chi connectivity index (χ2n) is 3.66. The second-order valence-corrected chi connectivity index (χ2v) is 5.39. The van der Waals surface area contributed by atoms with Gasteiger partial charge in [-0.3, -0.25) is 4.79 Å². The maximum Gasteiger partial charge on any atom is 0.237 e. The lowest BCUT2D eigenvalue weighted by molar-refractivity contribution is -0.123. The molecule has 1 aliphatic heterocycles. The zero-order chi connectivity index (χ0) is 11.3. The number of nitrogens with one attached hydrogen (secondary N) is 2. The van der Waals surface area contributed by atoms with Crippen molar-refractivity contribution in [3.63, 3.8) is 0 Å². The number of rotatable bonds is 4. The van der Waals surface area contributed by atoms with Crippen LogP contribution in [0.4, 0.5) is 0 Å². The van der Waals surface area contributed by atoms with Crippen LogP contribution in [0.2, 0.25) is 0 Å². The highest BCUT2D eigenvalue weighted by atomic mass is 32.2. The SMILES string of the molecule is NS(=O)(=O)CCNC(=O)[C@H]1CCCCN1. The Bertz CT molecular complexity index is 309. The zero-order valence-corrected chi connectivity index (χ0v) is 9.35. The lowest BCUT2D eigenvalue weighted by Crippen LogP contribution is -2.47. The lowest BCUT2D eigenvalue weighted by Gasteiger charge is -2.22. The summed E-state index contributed by atoms with van der Waals surface area (Å²) in [5.41, 5.74) is 0. The molecule has 4 N–H and O–H groups in total. The van der Waals surface area contributed by atoms with E-state index in [1.807, 2.05) is 0 Å². The molecule has 1 amide bonds. The highest BCUT2D eigenvalue weighted by Gasteiger charge is 2.19. The van der Waals surface area contributed by atoms with E-state index in [9.17, 15) is 13.2 Å². The van der Waals surface area contributed by atoms with Crippen LogP contribution in [0.5, 0.6) is 0 Å². The molecule has 1 saturated heterocycles. The van der Waals surface area contributed by atoms with Crippen LogP contribution in [-0.4, -0.2) is 39.2 Å². The number of sulfonamides is 1. The quantitative estimate of drug-likeness (QED) is 0.554. The van der Waals surface area contributed by atoms with E-state index >= 15 is 0 Å². The predicted molar refractivity (Wildman–Crippen MR) is 56.6 cm³/mol. The van der Waals surface area contributed by atoms with Gasteiger partial charge in [-0.05, 0) is 19.4 Å². The van der Waals surface area contributed by atoms with Gasteiger partial charge < -0.3 is 10.6 Å². The normalized spacial score (nSPS) is 22.3. The molecule has 0 aromatic rings. The van der Waals surface area contributed by atoms with Crippen molar-refractivity contribution in [2.45, 2.75) is 25.3 Å².